The number of aromatic nitrogens is 1. The van der Waals surface area contributed by atoms with Crippen molar-refractivity contribution in [3.8, 4) is 0 Å². The van der Waals surface area contributed by atoms with Crippen LogP contribution in [0.15, 0.2) is 45.6 Å². The number of hydrogen-bond acceptors (Lipinski definition) is 2. The Labute approximate surface area is 116 Å². The summed E-state index contributed by atoms with van der Waals surface area (Å²) in [5.41, 5.74) is 1.75. The fourth-order valence-electron chi connectivity index (χ4n) is 1.38. The maximum atomic E-state index is 13.1. The van der Waals surface area contributed by atoms with Gasteiger partial charge in [0.15, 0.2) is 0 Å². The van der Waals surface area contributed by atoms with Gasteiger partial charge in [0.25, 0.3) is 0 Å². The number of nitrogens with one attached hydrogen (secondary N) is 1. The lowest BCUT2D eigenvalue weighted by atomic mass is 10.2. The van der Waals surface area contributed by atoms with E-state index in [9.17, 15) is 4.39 Å². The third-order valence-corrected chi connectivity index (χ3v) is 3.40. The molecule has 1 N–H and O–H groups in total. The highest BCUT2D eigenvalue weighted by Crippen LogP contribution is 2.20. The van der Waals surface area contributed by atoms with E-state index in [-0.39, 0.29) is 5.82 Å². The number of hydrogen-bond donors (Lipinski definition) is 1. The molecule has 1 heterocycles. The summed E-state index contributed by atoms with van der Waals surface area (Å²) in [5.74, 6) is -0.239. The molecule has 0 unspecified atom stereocenters. The van der Waals surface area contributed by atoms with Crippen LogP contribution < -0.4 is 5.32 Å². The zero-order valence-electron chi connectivity index (χ0n) is 8.75. The van der Waals surface area contributed by atoms with E-state index in [4.69, 9.17) is 0 Å². The van der Waals surface area contributed by atoms with Gasteiger partial charge in [-0.25, -0.2) is 4.39 Å². The maximum Gasteiger partial charge on any atom is 0.123 e. The fourth-order valence-corrected chi connectivity index (χ4v) is 2.14. The molecule has 17 heavy (non-hydrogen) atoms. The Morgan fingerprint density at radius 2 is 2.00 bits per heavy atom. The van der Waals surface area contributed by atoms with Gasteiger partial charge in [0, 0.05) is 21.7 Å². The lowest BCUT2D eigenvalue weighted by molar-refractivity contribution is 0.625. The molecule has 0 aliphatic carbocycles. The molecule has 0 radical (unpaired) electrons. The van der Waals surface area contributed by atoms with Crippen molar-refractivity contribution in [1.29, 1.82) is 0 Å². The molecule has 0 saturated carbocycles. The fraction of sp³-hybridized carbons (Fsp3) is 0.0833. The van der Waals surface area contributed by atoms with Crippen molar-refractivity contribution in [3.05, 3.63) is 57.0 Å². The van der Waals surface area contributed by atoms with Gasteiger partial charge in [-0.15, -0.1) is 0 Å². The molecule has 5 heteroatoms. The third kappa shape index (κ3) is 3.51. The molecule has 2 rings (SSSR count). The second-order valence-electron chi connectivity index (χ2n) is 3.48. The summed E-state index contributed by atoms with van der Waals surface area (Å²) in [4.78, 5) is 4.04. The Hall–Kier alpha value is -0.940. The van der Waals surface area contributed by atoms with Gasteiger partial charge in [0.2, 0.25) is 0 Å². The highest BCUT2D eigenvalue weighted by molar-refractivity contribution is 9.10. The van der Waals surface area contributed by atoms with E-state index < -0.39 is 0 Å². The first-order valence-corrected chi connectivity index (χ1v) is 6.52. The van der Waals surface area contributed by atoms with E-state index in [0.717, 1.165) is 20.2 Å². The molecule has 0 aliphatic heterocycles. The van der Waals surface area contributed by atoms with Gasteiger partial charge in [-0.3, -0.25) is 4.98 Å². The average molecular weight is 360 g/mol. The topological polar surface area (TPSA) is 24.9 Å². The van der Waals surface area contributed by atoms with E-state index in [1.807, 2.05) is 6.07 Å². The number of rotatable bonds is 3. The van der Waals surface area contributed by atoms with Crippen LogP contribution >= 0.6 is 31.9 Å². The molecule has 0 bridgehead atoms. The highest BCUT2D eigenvalue weighted by Gasteiger charge is 2.02. The van der Waals surface area contributed by atoms with E-state index in [0.29, 0.717) is 6.54 Å². The van der Waals surface area contributed by atoms with Gasteiger partial charge < -0.3 is 5.32 Å². The summed E-state index contributed by atoms with van der Waals surface area (Å²) in [6.45, 7) is 0.538. The molecule has 0 spiro atoms. The standard InChI is InChI=1S/C12H9Br2FN2/c13-9-4-11(7-16-6-9)17-5-8-3-10(15)1-2-12(8)14/h1-4,6-7,17H,5H2. The quantitative estimate of drug-likeness (QED) is 0.880. The van der Waals surface area contributed by atoms with Gasteiger partial charge in [-0.05, 0) is 45.8 Å². The molecule has 0 atom stereocenters. The van der Waals surface area contributed by atoms with Gasteiger partial charge >= 0.3 is 0 Å². The minimum atomic E-state index is -0.239. The average Bonchev–Trinajstić information content (AvgIpc) is 2.30. The molecule has 0 fully saturated rings. The van der Waals surface area contributed by atoms with E-state index in [1.54, 1.807) is 18.5 Å². The van der Waals surface area contributed by atoms with Crippen LogP contribution in [0.1, 0.15) is 5.56 Å². The zero-order valence-corrected chi connectivity index (χ0v) is 11.9. The summed E-state index contributed by atoms with van der Waals surface area (Å²) in [6, 6.07) is 6.54. The molecular formula is C12H9Br2FN2. The molecule has 2 nitrogen and oxygen atoms in total. The van der Waals surface area contributed by atoms with Gasteiger partial charge in [-0.2, -0.15) is 0 Å². The monoisotopic (exact) mass is 358 g/mol. The van der Waals surface area contributed by atoms with Crippen LogP contribution in [0.2, 0.25) is 0 Å². The van der Waals surface area contributed by atoms with Crippen LogP contribution in [0.5, 0.6) is 0 Å². The lowest BCUT2D eigenvalue weighted by Crippen LogP contribution is -2.01. The Morgan fingerprint density at radius 1 is 1.18 bits per heavy atom. The normalized spacial score (nSPS) is 10.3. The molecular weight excluding hydrogens is 351 g/mol. The molecule has 0 aliphatic rings. The SMILES string of the molecule is Fc1ccc(Br)c(CNc2cncc(Br)c2)c1. The molecule has 1 aromatic heterocycles. The highest BCUT2D eigenvalue weighted by atomic mass is 79.9. The molecule has 2 aromatic rings. The molecule has 1 aromatic carbocycles. The molecule has 88 valence electrons. The zero-order chi connectivity index (χ0) is 12.3. The van der Waals surface area contributed by atoms with Gasteiger partial charge in [0.1, 0.15) is 5.82 Å². The van der Waals surface area contributed by atoms with Crippen LogP contribution in [-0.4, -0.2) is 4.98 Å². The number of anilines is 1. The molecule has 0 saturated heterocycles. The molecule has 0 amide bonds. The lowest BCUT2D eigenvalue weighted by Gasteiger charge is -2.08. The van der Waals surface area contributed by atoms with Crippen molar-refractivity contribution >= 4 is 37.5 Å². The first-order chi connectivity index (χ1) is 8.15. The van der Waals surface area contributed by atoms with Crippen LogP contribution in [0.25, 0.3) is 0 Å². The second kappa shape index (κ2) is 5.60. The second-order valence-corrected chi connectivity index (χ2v) is 5.25. The predicted octanol–water partition coefficient (Wildman–Crippen LogP) is 4.36. The van der Waals surface area contributed by atoms with Crippen LogP contribution in [0.4, 0.5) is 10.1 Å². The Bertz CT molecular complexity index is 532. The number of pyridine rings is 1. The van der Waals surface area contributed by atoms with E-state index >= 15 is 0 Å². The number of nitrogens with zero attached hydrogens (tertiary/aromatic N) is 1. The van der Waals surface area contributed by atoms with Crippen molar-refractivity contribution in [1.82, 2.24) is 4.98 Å². The Balaban J connectivity index is 2.09. The van der Waals surface area contributed by atoms with Crippen molar-refractivity contribution in [2.75, 3.05) is 5.32 Å². The summed E-state index contributed by atoms with van der Waals surface area (Å²) in [5, 5.41) is 3.18. The van der Waals surface area contributed by atoms with Crippen molar-refractivity contribution in [2.24, 2.45) is 0 Å². The largest absolute Gasteiger partial charge is 0.380 e. The smallest absolute Gasteiger partial charge is 0.123 e. The van der Waals surface area contributed by atoms with Crippen molar-refractivity contribution < 1.29 is 4.39 Å². The van der Waals surface area contributed by atoms with Crippen LogP contribution in [-0.2, 0) is 6.54 Å². The predicted molar refractivity (Wildman–Crippen MR) is 73.4 cm³/mol. The summed E-state index contributed by atoms with van der Waals surface area (Å²) >= 11 is 6.73. The maximum absolute atomic E-state index is 13.1. The number of halogens is 3. The van der Waals surface area contributed by atoms with Gasteiger partial charge in [-0.1, -0.05) is 15.9 Å². The summed E-state index contributed by atoms with van der Waals surface area (Å²) < 4.78 is 14.9. The summed E-state index contributed by atoms with van der Waals surface area (Å²) in [7, 11) is 0. The van der Waals surface area contributed by atoms with Gasteiger partial charge in [0.05, 0.1) is 11.9 Å². The Kier molecular flexibility index (Phi) is 4.12. The Morgan fingerprint density at radius 3 is 2.76 bits per heavy atom. The minimum absolute atomic E-state index is 0.239. The third-order valence-electron chi connectivity index (χ3n) is 2.20. The number of benzene rings is 1. The van der Waals surface area contributed by atoms with Crippen LogP contribution in [0, 0.1) is 5.82 Å². The first kappa shape index (κ1) is 12.5. The van der Waals surface area contributed by atoms with Crippen molar-refractivity contribution in [3.63, 3.8) is 0 Å². The van der Waals surface area contributed by atoms with E-state index in [1.165, 1.54) is 12.1 Å². The van der Waals surface area contributed by atoms with Crippen molar-refractivity contribution in [2.45, 2.75) is 6.54 Å². The minimum Gasteiger partial charge on any atom is -0.380 e. The van der Waals surface area contributed by atoms with Crippen LogP contribution in [0.3, 0.4) is 0 Å². The first-order valence-electron chi connectivity index (χ1n) is 4.93. The van der Waals surface area contributed by atoms with E-state index in [2.05, 4.69) is 42.2 Å². The summed E-state index contributed by atoms with van der Waals surface area (Å²) in [6.07, 6.45) is 3.43.